The Labute approximate surface area is 120 Å². The first kappa shape index (κ1) is 13.4. The van der Waals surface area contributed by atoms with Crippen molar-refractivity contribution in [3.63, 3.8) is 0 Å². The highest BCUT2D eigenvalue weighted by Gasteiger charge is 2.18. The molecule has 0 aromatic carbocycles. The lowest BCUT2D eigenvalue weighted by atomic mass is 9.95. The third-order valence-electron chi connectivity index (χ3n) is 4.40. The summed E-state index contributed by atoms with van der Waals surface area (Å²) in [6.45, 7) is 2.16. The van der Waals surface area contributed by atoms with Crippen molar-refractivity contribution in [1.29, 1.82) is 0 Å². The maximum atomic E-state index is 12.3. The standard InChI is InChI=1S/C16H23N3O/c20-16(18-14-6-2-1-3-7-14)13-10-15(12-17-11-13)19-8-4-5-9-19/h10-12,14H,1-9H2,(H,18,20). The van der Waals surface area contributed by atoms with Crippen molar-refractivity contribution < 1.29 is 4.79 Å². The van der Waals surface area contributed by atoms with Gasteiger partial charge in [0.2, 0.25) is 0 Å². The zero-order valence-corrected chi connectivity index (χ0v) is 12.0. The first-order valence-electron chi connectivity index (χ1n) is 7.84. The molecule has 0 bridgehead atoms. The van der Waals surface area contributed by atoms with Crippen LogP contribution in [0.15, 0.2) is 18.5 Å². The number of amides is 1. The number of nitrogens with zero attached hydrogens (tertiary/aromatic N) is 2. The summed E-state index contributed by atoms with van der Waals surface area (Å²) in [7, 11) is 0. The molecular formula is C16H23N3O. The van der Waals surface area contributed by atoms with Crippen molar-refractivity contribution in [3.8, 4) is 0 Å². The summed E-state index contributed by atoms with van der Waals surface area (Å²) in [5.41, 5.74) is 1.78. The molecule has 4 nitrogen and oxygen atoms in total. The first-order valence-corrected chi connectivity index (χ1v) is 7.84. The number of hydrogen-bond acceptors (Lipinski definition) is 3. The van der Waals surface area contributed by atoms with Crippen LogP contribution >= 0.6 is 0 Å². The van der Waals surface area contributed by atoms with Gasteiger partial charge in [0.05, 0.1) is 17.4 Å². The molecule has 1 aliphatic carbocycles. The summed E-state index contributed by atoms with van der Waals surface area (Å²) in [5.74, 6) is 0.0328. The number of rotatable bonds is 3. The topological polar surface area (TPSA) is 45.2 Å². The minimum absolute atomic E-state index is 0.0328. The molecule has 108 valence electrons. The van der Waals surface area contributed by atoms with E-state index in [9.17, 15) is 4.79 Å². The van der Waals surface area contributed by atoms with E-state index in [1.54, 1.807) is 6.20 Å². The zero-order chi connectivity index (χ0) is 13.8. The smallest absolute Gasteiger partial charge is 0.253 e. The van der Waals surface area contributed by atoms with Gasteiger partial charge in [-0.2, -0.15) is 0 Å². The van der Waals surface area contributed by atoms with Gasteiger partial charge in [-0.1, -0.05) is 19.3 Å². The molecule has 0 radical (unpaired) electrons. The number of carbonyl (C=O) groups excluding carboxylic acids is 1. The van der Waals surface area contributed by atoms with Crippen LogP contribution in [0.4, 0.5) is 5.69 Å². The van der Waals surface area contributed by atoms with Crippen LogP contribution in [0.5, 0.6) is 0 Å². The van der Waals surface area contributed by atoms with Crippen molar-refractivity contribution in [2.75, 3.05) is 18.0 Å². The summed E-state index contributed by atoms with van der Waals surface area (Å²) < 4.78 is 0. The van der Waals surface area contributed by atoms with E-state index in [1.807, 2.05) is 12.3 Å². The number of carbonyl (C=O) groups is 1. The highest BCUT2D eigenvalue weighted by atomic mass is 16.1. The van der Waals surface area contributed by atoms with Gasteiger partial charge in [-0.25, -0.2) is 0 Å². The summed E-state index contributed by atoms with van der Waals surface area (Å²) in [6, 6.07) is 2.34. The monoisotopic (exact) mass is 273 g/mol. The molecule has 0 unspecified atom stereocenters. The van der Waals surface area contributed by atoms with Crippen molar-refractivity contribution in [2.45, 2.75) is 51.0 Å². The van der Waals surface area contributed by atoms with Crippen LogP contribution in [0.25, 0.3) is 0 Å². The quantitative estimate of drug-likeness (QED) is 0.921. The Morgan fingerprint density at radius 2 is 1.85 bits per heavy atom. The van der Waals surface area contributed by atoms with Gasteiger partial charge in [0.1, 0.15) is 0 Å². The molecule has 1 aliphatic heterocycles. The second-order valence-electron chi connectivity index (χ2n) is 5.93. The molecule has 1 amide bonds. The van der Waals surface area contributed by atoms with Crippen LogP contribution in [-0.2, 0) is 0 Å². The van der Waals surface area contributed by atoms with Gasteiger partial charge in [-0.15, -0.1) is 0 Å². The molecule has 4 heteroatoms. The molecule has 2 fully saturated rings. The lowest BCUT2D eigenvalue weighted by Crippen LogP contribution is -2.36. The molecule has 1 saturated heterocycles. The van der Waals surface area contributed by atoms with E-state index >= 15 is 0 Å². The summed E-state index contributed by atoms with van der Waals surface area (Å²) in [5, 5.41) is 3.16. The molecule has 2 aliphatic rings. The van der Waals surface area contributed by atoms with Crippen LogP contribution in [-0.4, -0.2) is 30.0 Å². The highest BCUT2D eigenvalue weighted by molar-refractivity contribution is 5.94. The fourth-order valence-electron chi connectivity index (χ4n) is 3.22. The Bertz CT molecular complexity index is 463. The molecule has 1 aromatic heterocycles. The first-order chi connectivity index (χ1) is 9.83. The average molecular weight is 273 g/mol. The van der Waals surface area contributed by atoms with Gasteiger partial charge in [0, 0.05) is 25.3 Å². The Kier molecular flexibility index (Phi) is 4.19. The largest absolute Gasteiger partial charge is 0.370 e. The lowest BCUT2D eigenvalue weighted by Gasteiger charge is -2.23. The maximum Gasteiger partial charge on any atom is 0.253 e. The third kappa shape index (κ3) is 3.11. The van der Waals surface area contributed by atoms with Crippen molar-refractivity contribution >= 4 is 11.6 Å². The van der Waals surface area contributed by atoms with E-state index in [4.69, 9.17) is 0 Å². The zero-order valence-electron chi connectivity index (χ0n) is 12.0. The summed E-state index contributed by atoms with van der Waals surface area (Å²) in [4.78, 5) is 18.9. The number of pyridine rings is 1. The van der Waals surface area contributed by atoms with Crippen LogP contribution in [0.3, 0.4) is 0 Å². The van der Waals surface area contributed by atoms with Crippen LogP contribution in [0.1, 0.15) is 55.3 Å². The van der Waals surface area contributed by atoms with Crippen LogP contribution < -0.4 is 10.2 Å². The van der Waals surface area contributed by atoms with Gasteiger partial charge in [0.15, 0.2) is 0 Å². The fourth-order valence-corrected chi connectivity index (χ4v) is 3.22. The number of anilines is 1. The molecule has 3 rings (SSSR count). The summed E-state index contributed by atoms with van der Waals surface area (Å²) >= 11 is 0. The normalized spacial score (nSPS) is 20.1. The van der Waals surface area contributed by atoms with E-state index in [1.165, 1.54) is 32.1 Å². The highest BCUT2D eigenvalue weighted by Crippen LogP contribution is 2.21. The third-order valence-corrected chi connectivity index (χ3v) is 4.40. The summed E-state index contributed by atoms with van der Waals surface area (Å²) in [6.07, 6.45) is 12.0. The van der Waals surface area contributed by atoms with Crippen molar-refractivity contribution in [2.24, 2.45) is 0 Å². The van der Waals surface area contributed by atoms with Crippen LogP contribution in [0.2, 0.25) is 0 Å². The van der Waals surface area contributed by atoms with Crippen molar-refractivity contribution in [3.05, 3.63) is 24.0 Å². The van der Waals surface area contributed by atoms with E-state index in [2.05, 4.69) is 15.2 Å². The van der Waals surface area contributed by atoms with Gasteiger partial charge in [0.25, 0.3) is 5.91 Å². The van der Waals surface area contributed by atoms with Gasteiger partial charge >= 0.3 is 0 Å². The SMILES string of the molecule is O=C(NC1CCCCC1)c1cncc(N2CCCC2)c1. The minimum Gasteiger partial charge on any atom is -0.370 e. The minimum atomic E-state index is 0.0328. The average Bonchev–Trinajstić information content (AvgIpc) is 3.03. The van der Waals surface area contributed by atoms with E-state index < -0.39 is 0 Å². The number of nitrogens with one attached hydrogen (secondary N) is 1. The Balaban J connectivity index is 1.66. The van der Waals surface area contributed by atoms with E-state index in [0.717, 1.165) is 31.6 Å². The molecular weight excluding hydrogens is 250 g/mol. The molecule has 1 N–H and O–H groups in total. The predicted octanol–water partition coefficient (Wildman–Crippen LogP) is 2.74. The lowest BCUT2D eigenvalue weighted by molar-refractivity contribution is 0.0927. The number of hydrogen-bond donors (Lipinski definition) is 1. The molecule has 0 atom stereocenters. The van der Waals surface area contributed by atoms with Crippen molar-refractivity contribution in [1.82, 2.24) is 10.3 Å². The maximum absolute atomic E-state index is 12.3. The second-order valence-corrected chi connectivity index (χ2v) is 5.93. The fraction of sp³-hybridized carbons (Fsp3) is 0.625. The molecule has 1 saturated carbocycles. The Morgan fingerprint density at radius 1 is 1.10 bits per heavy atom. The predicted molar refractivity (Wildman–Crippen MR) is 80.0 cm³/mol. The molecule has 1 aromatic rings. The van der Waals surface area contributed by atoms with Gasteiger partial charge in [-0.3, -0.25) is 9.78 Å². The molecule has 2 heterocycles. The van der Waals surface area contributed by atoms with Gasteiger partial charge < -0.3 is 10.2 Å². The molecule has 0 spiro atoms. The van der Waals surface area contributed by atoms with Crippen LogP contribution in [0, 0.1) is 0 Å². The van der Waals surface area contributed by atoms with Gasteiger partial charge in [-0.05, 0) is 31.7 Å². The van der Waals surface area contributed by atoms with E-state index in [0.29, 0.717) is 11.6 Å². The Hall–Kier alpha value is -1.58. The van der Waals surface area contributed by atoms with E-state index in [-0.39, 0.29) is 5.91 Å². The molecule has 20 heavy (non-hydrogen) atoms. The second kappa shape index (κ2) is 6.25. The Morgan fingerprint density at radius 3 is 2.60 bits per heavy atom. The number of aromatic nitrogens is 1.